The van der Waals surface area contributed by atoms with Gasteiger partial charge in [0.2, 0.25) is 0 Å². The summed E-state index contributed by atoms with van der Waals surface area (Å²) in [5.41, 5.74) is 3.98. The molecule has 0 fully saturated rings. The first-order valence-corrected chi connectivity index (χ1v) is 8.27. The molecule has 0 aliphatic heterocycles. The van der Waals surface area contributed by atoms with Crippen LogP contribution >= 0.6 is 11.3 Å². The molecule has 2 unspecified atom stereocenters. The summed E-state index contributed by atoms with van der Waals surface area (Å²) in [4.78, 5) is 4.45. The van der Waals surface area contributed by atoms with Gasteiger partial charge in [-0.05, 0) is 49.7 Å². The van der Waals surface area contributed by atoms with Crippen LogP contribution in [0.3, 0.4) is 0 Å². The van der Waals surface area contributed by atoms with Crippen LogP contribution < -0.4 is 0 Å². The van der Waals surface area contributed by atoms with Crippen LogP contribution in [0.2, 0.25) is 0 Å². The Balaban J connectivity index is 1.66. The summed E-state index contributed by atoms with van der Waals surface area (Å²) >= 11 is 1.65. The normalized spacial score (nSPS) is 19.6. The number of benzene rings is 1. The van der Waals surface area contributed by atoms with Crippen molar-refractivity contribution in [3.05, 3.63) is 51.5 Å². The number of aliphatic hydroxyl groups excluding tert-OH is 1. The molecule has 1 aromatic heterocycles. The van der Waals surface area contributed by atoms with Gasteiger partial charge in [-0.25, -0.2) is 4.98 Å². The fourth-order valence-electron chi connectivity index (χ4n) is 3.21. The lowest BCUT2D eigenvalue weighted by molar-refractivity contribution is 0.152. The van der Waals surface area contributed by atoms with E-state index in [1.165, 1.54) is 30.4 Å². The highest BCUT2D eigenvalue weighted by atomic mass is 32.1. The second kappa shape index (κ2) is 6.06. The van der Waals surface area contributed by atoms with Gasteiger partial charge in [0.1, 0.15) is 0 Å². The molecule has 2 atom stereocenters. The topological polar surface area (TPSA) is 33.1 Å². The Labute approximate surface area is 124 Å². The minimum Gasteiger partial charge on any atom is -0.393 e. The Bertz CT molecular complexity index is 578. The van der Waals surface area contributed by atoms with E-state index in [0.29, 0.717) is 12.3 Å². The largest absolute Gasteiger partial charge is 0.393 e. The van der Waals surface area contributed by atoms with Gasteiger partial charge in [0.25, 0.3) is 0 Å². The summed E-state index contributed by atoms with van der Waals surface area (Å²) in [6, 6.07) is 8.71. The fraction of sp³-hybridized carbons (Fsp3) is 0.471. The van der Waals surface area contributed by atoms with E-state index < -0.39 is 0 Å². The van der Waals surface area contributed by atoms with E-state index >= 15 is 0 Å². The summed E-state index contributed by atoms with van der Waals surface area (Å²) in [6.45, 7) is 2.00. The number of hydrogen-bond donors (Lipinski definition) is 1. The highest BCUT2D eigenvalue weighted by Crippen LogP contribution is 2.35. The molecule has 0 spiro atoms. The van der Waals surface area contributed by atoms with Crippen molar-refractivity contribution in [1.82, 2.24) is 4.98 Å². The first kappa shape index (κ1) is 13.8. The van der Waals surface area contributed by atoms with Gasteiger partial charge in [0.15, 0.2) is 0 Å². The molecule has 0 radical (unpaired) electrons. The first-order valence-electron chi connectivity index (χ1n) is 7.39. The Morgan fingerprint density at radius 1 is 1.40 bits per heavy atom. The smallest absolute Gasteiger partial charge is 0.0953 e. The maximum absolute atomic E-state index is 10.4. The average Bonchev–Trinajstić information content (AvgIpc) is 2.84. The lowest BCUT2D eigenvalue weighted by Crippen LogP contribution is -2.18. The van der Waals surface area contributed by atoms with Crippen molar-refractivity contribution in [2.75, 3.05) is 0 Å². The molecule has 2 nitrogen and oxygen atoms in total. The molecule has 2 aromatic rings. The fourth-order valence-corrected chi connectivity index (χ4v) is 4.05. The molecule has 1 heterocycles. The van der Waals surface area contributed by atoms with Crippen LogP contribution in [0.1, 0.15) is 47.0 Å². The van der Waals surface area contributed by atoms with E-state index in [9.17, 15) is 5.11 Å². The third-order valence-corrected chi connectivity index (χ3v) is 5.12. The zero-order valence-corrected chi connectivity index (χ0v) is 12.7. The number of nitrogens with zero attached hydrogens (tertiary/aromatic N) is 1. The molecule has 20 heavy (non-hydrogen) atoms. The van der Waals surface area contributed by atoms with E-state index in [0.717, 1.165) is 17.1 Å². The van der Waals surface area contributed by atoms with Crippen LogP contribution in [0.5, 0.6) is 0 Å². The highest BCUT2D eigenvalue weighted by molar-refractivity contribution is 7.09. The predicted molar refractivity (Wildman–Crippen MR) is 83.3 cm³/mol. The molecule has 0 saturated heterocycles. The molecule has 0 saturated carbocycles. The molecular weight excluding hydrogens is 266 g/mol. The predicted octanol–water partition coefficient (Wildman–Crippen LogP) is 3.87. The van der Waals surface area contributed by atoms with Crippen molar-refractivity contribution in [3.8, 4) is 0 Å². The van der Waals surface area contributed by atoms with Gasteiger partial charge in [0.05, 0.1) is 11.1 Å². The van der Waals surface area contributed by atoms with Crippen molar-refractivity contribution < 1.29 is 5.11 Å². The van der Waals surface area contributed by atoms with Crippen LogP contribution in [0.4, 0.5) is 0 Å². The number of rotatable bonds is 4. The molecule has 0 amide bonds. The first-order chi connectivity index (χ1) is 9.72. The molecule has 1 aromatic carbocycles. The van der Waals surface area contributed by atoms with Crippen LogP contribution in [-0.2, 0) is 12.8 Å². The number of aromatic nitrogens is 1. The van der Waals surface area contributed by atoms with Gasteiger partial charge >= 0.3 is 0 Å². The Kier molecular flexibility index (Phi) is 4.18. The zero-order valence-electron chi connectivity index (χ0n) is 11.9. The van der Waals surface area contributed by atoms with Gasteiger partial charge in [0, 0.05) is 17.5 Å². The quantitative estimate of drug-likeness (QED) is 0.926. The van der Waals surface area contributed by atoms with Crippen LogP contribution in [0.15, 0.2) is 29.6 Å². The van der Waals surface area contributed by atoms with Crippen molar-refractivity contribution >= 4 is 11.3 Å². The van der Waals surface area contributed by atoms with Crippen molar-refractivity contribution in [3.63, 3.8) is 0 Å². The van der Waals surface area contributed by atoms with Gasteiger partial charge in [-0.2, -0.15) is 0 Å². The van der Waals surface area contributed by atoms with Crippen LogP contribution in [0, 0.1) is 6.92 Å². The van der Waals surface area contributed by atoms with E-state index in [1.807, 2.05) is 6.92 Å². The molecule has 106 valence electrons. The van der Waals surface area contributed by atoms with Gasteiger partial charge in [-0.15, -0.1) is 11.3 Å². The van der Waals surface area contributed by atoms with Gasteiger partial charge < -0.3 is 5.11 Å². The van der Waals surface area contributed by atoms with Crippen LogP contribution in [-0.4, -0.2) is 16.2 Å². The Hall–Kier alpha value is -1.19. The standard InChI is InChI=1S/C17H21NOS/c1-12-11-20-17(18-12)10-15(19)9-14-7-4-6-13-5-2-3-8-16(13)14/h2-3,5,8,11,14-15,19H,4,6-7,9-10H2,1H3. The van der Waals surface area contributed by atoms with Gasteiger partial charge in [-0.1, -0.05) is 24.3 Å². The molecule has 1 aliphatic carbocycles. The SMILES string of the molecule is Cc1csc(CC(O)CC2CCCc3ccccc32)n1. The number of aliphatic hydroxyl groups is 1. The molecule has 1 N–H and O–H groups in total. The zero-order chi connectivity index (χ0) is 13.9. The lowest BCUT2D eigenvalue weighted by Gasteiger charge is -2.27. The van der Waals surface area contributed by atoms with Gasteiger partial charge in [-0.3, -0.25) is 0 Å². The summed E-state index contributed by atoms with van der Waals surface area (Å²) < 4.78 is 0. The average molecular weight is 287 g/mol. The second-order valence-corrected chi connectivity index (χ2v) is 6.71. The number of aryl methyl sites for hydroxylation is 2. The summed E-state index contributed by atoms with van der Waals surface area (Å²) in [5, 5.41) is 13.5. The molecule has 0 bridgehead atoms. The third kappa shape index (κ3) is 3.10. The van der Waals surface area contributed by atoms with E-state index in [2.05, 4.69) is 34.6 Å². The Morgan fingerprint density at radius 3 is 3.05 bits per heavy atom. The number of fused-ring (bicyclic) bond motifs is 1. The third-order valence-electron chi connectivity index (χ3n) is 4.13. The van der Waals surface area contributed by atoms with E-state index in [1.54, 1.807) is 11.3 Å². The number of thiazole rings is 1. The second-order valence-electron chi connectivity index (χ2n) is 5.76. The monoisotopic (exact) mass is 287 g/mol. The van der Waals surface area contributed by atoms with E-state index in [4.69, 9.17) is 0 Å². The maximum atomic E-state index is 10.4. The molecule has 3 heteroatoms. The summed E-state index contributed by atoms with van der Waals surface area (Å²) in [7, 11) is 0. The Morgan fingerprint density at radius 2 is 2.25 bits per heavy atom. The summed E-state index contributed by atoms with van der Waals surface area (Å²) in [5.74, 6) is 0.510. The molecule has 1 aliphatic rings. The number of hydrogen-bond acceptors (Lipinski definition) is 3. The summed E-state index contributed by atoms with van der Waals surface area (Å²) in [6.07, 6.45) is 4.90. The van der Waals surface area contributed by atoms with Crippen LogP contribution in [0.25, 0.3) is 0 Å². The lowest BCUT2D eigenvalue weighted by atomic mass is 9.80. The minimum absolute atomic E-state index is 0.281. The van der Waals surface area contributed by atoms with Crippen molar-refractivity contribution in [1.29, 1.82) is 0 Å². The maximum Gasteiger partial charge on any atom is 0.0953 e. The van der Waals surface area contributed by atoms with Crippen molar-refractivity contribution in [2.45, 2.75) is 51.0 Å². The highest BCUT2D eigenvalue weighted by Gasteiger charge is 2.22. The minimum atomic E-state index is -0.281. The molecular formula is C17H21NOS. The van der Waals surface area contributed by atoms with Crippen molar-refractivity contribution in [2.24, 2.45) is 0 Å². The molecule has 3 rings (SSSR count). The van der Waals surface area contributed by atoms with E-state index in [-0.39, 0.29) is 6.10 Å².